The summed E-state index contributed by atoms with van der Waals surface area (Å²) in [6, 6.07) is -0.745. The minimum absolute atomic E-state index is 0.0359. The van der Waals surface area contributed by atoms with E-state index in [2.05, 4.69) is 11.9 Å². The van der Waals surface area contributed by atoms with Gasteiger partial charge in [-0.15, -0.1) is 11.8 Å². The molecule has 1 saturated heterocycles. The predicted molar refractivity (Wildman–Crippen MR) is 67.3 cm³/mol. The van der Waals surface area contributed by atoms with Crippen LogP contribution in [0.1, 0.15) is 0 Å². The highest BCUT2D eigenvalue weighted by atomic mass is 32.2. The van der Waals surface area contributed by atoms with E-state index in [1.165, 1.54) is 28.8 Å². The third-order valence-electron chi connectivity index (χ3n) is 2.67. The Bertz CT molecular complexity index is 476. The number of carbonyl (C=O) groups excluding carboxylic acids is 2. The zero-order chi connectivity index (χ0) is 14.0. The van der Waals surface area contributed by atoms with Crippen LogP contribution >= 0.6 is 11.8 Å². The number of nitrogens with zero attached hydrogens (tertiary/aromatic N) is 1. The summed E-state index contributed by atoms with van der Waals surface area (Å²) >= 11 is 1.39. The lowest BCUT2D eigenvalue weighted by atomic mass is 10.1. The molecule has 2 aliphatic heterocycles. The number of fused-ring (bicyclic) bond motifs is 1. The van der Waals surface area contributed by atoms with Crippen LogP contribution in [0, 0.1) is 0 Å². The molecule has 1 fully saturated rings. The van der Waals surface area contributed by atoms with E-state index in [9.17, 15) is 14.4 Å². The molecule has 0 aromatic rings. The van der Waals surface area contributed by atoms with Crippen LogP contribution in [-0.4, -0.2) is 51.8 Å². The first kappa shape index (κ1) is 13.5. The Morgan fingerprint density at radius 1 is 1.68 bits per heavy atom. The summed E-state index contributed by atoms with van der Waals surface area (Å²) < 4.78 is 4.72. The van der Waals surface area contributed by atoms with Crippen molar-refractivity contribution in [1.29, 1.82) is 0 Å². The van der Waals surface area contributed by atoms with Crippen molar-refractivity contribution in [3.8, 4) is 0 Å². The molecule has 0 bridgehead atoms. The van der Waals surface area contributed by atoms with E-state index in [-0.39, 0.29) is 17.7 Å². The number of β-lactam (4-membered cyclic amide) rings is 1. The number of thioether (sulfide) groups is 1. The van der Waals surface area contributed by atoms with Gasteiger partial charge in [0.1, 0.15) is 23.7 Å². The maximum absolute atomic E-state index is 11.8. The van der Waals surface area contributed by atoms with Crippen molar-refractivity contribution >= 4 is 29.7 Å². The van der Waals surface area contributed by atoms with Crippen LogP contribution in [0.3, 0.4) is 0 Å². The summed E-state index contributed by atoms with van der Waals surface area (Å²) in [4.78, 5) is 35.3. The van der Waals surface area contributed by atoms with Crippen LogP contribution < -0.4 is 5.32 Å². The molecule has 0 aromatic carbocycles. The molecule has 8 heteroatoms. The minimum atomic E-state index is -1.15. The zero-order valence-electron chi connectivity index (χ0n) is 9.87. The third-order valence-corrected chi connectivity index (χ3v) is 3.85. The molecule has 1 unspecified atom stereocenters. The minimum Gasteiger partial charge on any atom is -0.477 e. The maximum Gasteiger partial charge on any atom is 0.408 e. The number of carboxylic acids is 1. The number of ether oxygens (including phenoxy) is 1. The van der Waals surface area contributed by atoms with Crippen molar-refractivity contribution in [3.63, 3.8) is 0 Å². The van der Waals surface area contributed by atoms with Gasteiger partial charge in [-0.3, -0.25) is 9.69 Å². The highest BCUT2D eigenvalue weighted by Gasteiger charge is 2.52. The summed E-state index contributed by atoms with van der Waals surface area (Å²) in [5, 5.41) is 11.0. The Kier molecular flexibility index (Phi) is 3.79. The topological polar surface area (TPSA) is 95.9 Å². The number of alkyl carbamates (subject to hydrolysis) is 1. The van der Waals surface area contributed by atoms with Gasteiger partial charge in [-0.1, -0.05) is 12.7 Å². The molecule has 0 aromatic heterocycles. The average Bonchev–Trinajstić information content (AvgIpc) is 2.41. The second-order valence-corrected chi connectivity index (χ2v) is 4.99. The summed E-state index contributed by atoms with van der Waals surface area (Å²) in [5.74, 6) is -1.11. The van der Waals surface area contributed by atoms with Crippen molar-refractivity contribution in [1.82, 2.24) is 10.2 Å². The number of carbonyl (C=O) groups is 3. The van der Waals surface area contributed by atoms with Crippen molar-refractivity contribution in [2.75, 3.05) is 12.4 Å². The number of carboxylic acid groups (broad SMARTS) is 1. The second kappa shape index (κ2) is 5.35. The largest absolute Gasteiger partial charge is 0.477 e. The monoisotopic (exact) mass is 284 g/mol. The lowest BCUT2D eigenvalue weighted by molar-refractivity contribution is -0.148. The third kappa shape index (κ3) is 2.43. The van der Waals surface area contributed by atoms with Crippen LogP contribution in [0.5, 0.6) is 0 Å². The second-order valence-electron chi connectivity index (χ2n) is 3.84. The van der Waals surface area contributed by atoms with Gasteiger partial charge in [0, 0.05) is 5.75 Å². The van der Waals surface area contributed by atoms with Gasteiger partial charge in [0.25, 0.3) is 5.91 Å². The zero-order valence-corrected chi connectivity index (χ0v) is 10.7. The highest BCUT2D eigenvalue weighted by Crippen LogP contribution is 2.37. The van der Waals surface area contributed by atoms with E-state index in [4.69, 9.17) is 9.84 Å². The number of hydrogen-bond acceptors (Lipinski definition) is 5. The van der Waals surface area contributed by atoms with Crippen LogP contribution in [0.2, 0.25) is 0 Å². The van der Waals surface area contributed by atoms with Crippen molar-refractivity contribution in [3.05, 3.63) is 24.4 Å². The number of rotatable bonds is 4. The SMILES string of the molecule is C=CCOC(=O)NC1C(=O)N2C(C(=O)O)=CCS[C@@H]12. The van der Waals surface area contributed by atoms with E-state index in [0.717, 1.165) is 0 Å². The van der Waals surface area contributed by atoms with Crippen LogP contribution in [-0.2, 0) is 14.3 Å². The maximum atomic E-state index is 11.8. The smallest absolute Gasteiger partial charge is 0.408 e. The molecule has 7 nitrogen and oxygen atoms in total. The number of hydrogen-bond donors (Lipinski definition) is 2. The van der Waals surface area contributed by atoms with E-state index < -0.39 is 24.0 Å². The van der Waals surface area contributed by atoms with Crippen LogP contribution in [0.25, 0.3) is 0 Å². The average molecular weight is 284 g/mol. The summed E-state index contributed by atoms with van der Waals surface area (Å²) in [7, 11) is 0. The molecule has 2 N–H and O–H groups in total. The fraction of sp³-hybridized carbons (Fsp3) is 0.364. The molecule has 0 spiro atoms. The number of nitrogens with one attached hydrogen (secondary N) is 1. The Morgan fingerprint density at radius 3 is 3.05 bits per heavy atom. The molecule has 2 heterocycles. The molecule has 19 heavy (non-hydrogen) atoms. The van der Waals surface area contributed by atoms with E-state index in [1.807, 2.05) is 0 Å². The van der Waals surface area contributed by atoms with Gasteiger partial charge in [0.15, 0.2) is 0 Å². The predicted octanol–water partition coefficient (Wildman–Crippen LogP) is 0.151. The Labute approximate surface area is 113 Å². The molecule has 102 valence electrons. The number of aliphatic carboxylic acids is 1. The van der Waals surface area contributed by atoms with Crippen LogP contribution in [0.4, 0.5) is 4.79 Å². The molecular formula is C11H12N2O5S. The molecule has 0 radical (unpaired) electrons. The molecule has 2 atom stereocenters. The standard InChI is InChI=1S/C11H12N2O5S/c1-2-4-18-11(17)12-7-8(14)13-6(10(15)16)3-5-19-9(7)13/h2-3,7,9H,1,4-5H2,(H,12,17)(H,15,16)/t7?,9-/m0/s1. The Hall–Kier alpha value is -1.96. The van der Waals surface area contributed by atoms with Crippen molar-refractivity contribution < 1.29 is 24.2 Å². The van der Waals surface area contributed by atoms with Gasteiger partial charge < -0.3 is 15.2 Å². The number of amides is 2. The van der Waals surface area contributed by atoms with Crippen LogP contribution in [0.15, 0.2) is 24.4 Å². The van der Waals surface area contributed by atoms with Gasteiger partial charge in [-0.05, 0) is 6.08 Å². The first-order valence-electron chi connectivity index (χ1n) is 5.48. The molecule has 0 aliphatic carbocycles. The quantitative estimate of drug-likeness (QED) is 0.563. The fourth-order valence-electron chi connectivity index (χ4n) is 1.84. The Balaban J connectivity index is 1.99. The molecule has 2 rings (SSSR count). The van der Waals surface area contributed by atoms with Gasteiger partial charge in [0.2, 0.25) is 0 Å². The first-order chi connectivity index (χ1) is 9.06. The lowest BCUT2D eigenvalue weighted by Gasteiger charge is -2.47. The lowest BCUT2D eigenvalue weighted by Crippen LogP contribution is -2.70. The first-order valence-corrected chi connectivity index (χ1v) is 6.53. The molecule has 2 aliphatic rings. The van der Waals surface area contributed by atoms with E-state index in [1.54, 1.807) is 0 Å². The Morgan fingerprint density at radius 2 is 2.42 bits per heavy atom. The highest BCUT2D eigenvalue weighted by molar-refractivity contribution is 8.00. The molecular weight excluding hydrogens is 272 g/mol. The fourth-order valence-corrected chi connectivity index (χ4v) is 3.04. The molecule has 2 amide bonds. The van der Waals surface area contributed by atoms with E-state index >= 15 is 0 Å². The normalized spacial score (nSPS) is 24.7. The van der Waals surface area contributed by atoms with Gasteiger partial charge in [-0.25, -0.2) is 9.59 Å². The van der Waals surface area contributed by atoms with Gasteiger partial charge >= 0.3 is 12.1 Å². The summed E-state index contributed by atoms with van der Waals surface area (Å²) in [6.45, 7) is 3.45. The van der Waals surface area contributed by atoms with Gasteiger partial charge in [-0.2, -0.15) is 0 Å². The van der Waals surface area contributed by atoms with Crippen molar-refractivity contribution in [2.24, 2.45) is 0 Å². The summed E-state index contributed by atoms with van der Waals surface area (Å²) in [5.41, 5.74) is -0.0359. The molecule has 0 saturated carbocycles. The van der Waals surface area contributed by atoms with E-state index in [0.29, 0.717) is 5.75 Å². The van der Waals surface area contributed by atoms with Crippen molar-refractivity contribution in [2.45, 2.75) is 11.4 Å². The summed E-state index contributed by atoms with van der Waals surface area (Å²) in [6.07, 6.45) is 2.17. The van der Waals surface area contributed by atoms with Gasteiger partial charge in [0.05, 0.1) is 0 Å².